The van der Waals surface area contributed by atoms with Crippen LogP contribution in [0.3, 0.4) is 0 Å². The van der Waals surface area contributed by atoms with Gasteiger partial charge in [-0.05, 0) is 61.9 Å². The van der Waals surface area contributed by atoms with Crippen molar-refractivity contribution in [1.29, 1.82) is 0 Å². The van der Waals surface area contributed by atoms with Gasteiger partial charge < -0.3 is 5.32 Å². The monoisotopic (exact) mass is 382 g/mol. The van der Waals surface area contributed by atoms with Crippen molar-refractivity contribution in [2.24, 2.45) is 0 Å². The number of halogens is 1. The lowest BCUT2D eigenvalue weighted by atomic mass is 9.81. The van der Waals surface area contributed by atoms with Crippen LogP contribution in [0.2, 0.25) is 5.02 Å². The summed E-state index contributed by atoms with van der Waals surface area (Å²) in [4.78, 5) is 15.4. The summed E-state index contributed by atoms with van der Waals surface area (Å²) in [6.07, 6.45) is 5.83. The SMILES string of the molecule is Cc1ccccc1C(=O)NC1C[C@H]2CCC[C@H](C1)N2Cc1ccc(Cl)cc1. The molecule has 3 nitrogen and oxygen atoms in total. The Balaban J connectivity index is 1.42. The highest BCUT2D eigenvalue weighted by Gasteiger charge is 2.38. The number of carbonyl (C=O) groups excluding carboxylic acids is 1. The standard InChI is InChI=1S/C23H27ClN2O/c1-16-5-2-3-8-22(16)23(27)25-19-13-20-6-4-7-21(14-19)26(20)15-17-9-11-18(24)12-10-17/h2-3,5,8-12,19-21H,4,6-7,13-15H2,1H3,(H,25,27)/t20-,21-/m1/s1. The molecule has 0 spiro atoms. The zero-order chi connectivity index (χ0) is 18.8. The summed E-state index contributed by atoms with van der Waals surface area (Å²) in [6, 6.07) is 17.4. The summed E-state index contributed by atoms with van der Waals surface area (Å²) < 4.78 is 0. The molecule has 4 heteroatoms. The van der Waals surface area contributed by atoms with Gasteiger partial charge in [-0.25, -0.2) is 0 Å². The molecule has 0 aromatic heterocycles. The molecule has 2 aromatic carbocycles. The van der Waals surface area contributed by atoms with E-state index < -0.39 is 0 Å². The van der Waals surface area contributed by atoms with Crippen LogP contribution in [0.4, 0.5) is 0 Å². The number of nitrogens with one attached hydrogen (secondary N) is 1. The van der Waals surface area contributed by atoms with Crippen LogP contribution in [-0.2, 0) is 6.54 Å². The Bertz CT molecular complexity index is 790. The first-order chi connectivity index (χ1) is 13.1. The van der Waals surface area contributed by atoms with E-state index >= 15 is 0 Å². The fraction of sp³-hybridized carbons (Fsp3) is 0.435. The third-order valence-electron chi connectivity index (χ3n) is 6.13. The highest BCUT2D eigenvalue weighted by molar-refractivity contribution is 6.30. The Morgan fingerprint density at radius 3 is 2.41 bits per heavy atom. The van der Waals surface area contributed by atoms with Crippen molar-refractivity contribution in [3.63, 3.8) is 0 Å². The van der Waals surface area contributed by atoms with E-state index in [1.807, 2.05) is 43.3 Å². The lowest BCUT2D eigenvalue weighted by Gasteiger charge is -2.49. The van der Waals surface area contributed by atoms with E-state index in [2.05, 4.69) is 22.3 Å². The Hall–Kier alpha value is -1.84. The molecular weight excluding hydrogens is 356 g/mol. The van der Waals surface area contributed by atoms with E-state index in [1.165, 1.54) is 24.8 Å². The van der Waals surface area contributed by atoms with Gasteiger partial charge in [-0.1, -0.05) is 48.4 Å². The maximum absolute atomic E-state index is 12.7. The van der Waals surface area contributed by atoms with Crippen LogP contribution in [0, 0.1) is 6.92 Å². The van der Waals surface area contributed by atoms with E-state index in [-0.39, 0.29) is 11.9 Å². The first-order valence-electron chi connectivity index (χ1n) is 9.97. The molecule has 2 aromatic rings. The molecule has 1 N–H and O–H groups in total. The Labute approximate surface area is 166 Å². The zero-order valence-corrected chi connectivity index (χ0v) is 16.6. The molecule has 2 fully saturated rings. The average Bonchev–Trinajstić information content (AvgIpc) is 2.64. The van der Waals surface area contributed by atoms with Crippen molar-refractivity contribution in [3.8, 4) is 0 Å². The molecule has 0 aliphatic carbocycles. The van der Waals surface area contributed by atoms with Crippen molar-refractivity contribution in [2.45, 2.75) is 63.7 Å². The van der Waals surface area contributed by atoms with E-state index in [0.717, 1.165) is 35.5 Å². The summed E-state index contributed by atoms with van der Waals surface area (Å²) in [5.41, 5.74) is 3.15. The molecule has 2 aliphatic heterocycles. The molecule has 4 rings (SSSR count). The smallest absolute Gasteiger partial charge is 0.251 e. The molecule has 0 unspecified atom stereocenters. The van der Waals surface area contributed by atoms with Crippen LogP contribution in [0.25, 0.3) is 0 Å². The Morgan fingerprint density at radius 1 is 1.07 bits per heavy atom. The second kappa shape index (κ2) is 8.04. The van der Waals surface area contributed by atoms with Gasteiger partial charge in [0.15, 0.2) is 0 Å². The topological polar surface area (TPSA) is 32.3 Å². The molecule has 142 valence electrons. The third-order valence-corrected chi connectivity index (χ3v) is 6.38. The van der Waals surface area contributed by atoms with E-state index in [1.54, 1.807) is 0 Å². The molecule has 27 heavy (non-hydrogen) atoms. The number of hydrogen-bond donors (Lipinski definition) is 1. The van der Waals surface area contributed by atoms with Gasteiger partial charge in [0.2, 0.25) is 0 Å². The minimum absolute atomic E-state index is 0.0716. The van der Waals surface area contributed by atoms with Crippen LogP contribution < -0.4 is 5.32 Å². The molecule has 2 atom stereocenters. The van der Waals surface area contributed by atoms with Gasteiger partial charge in [-0.3, -0.25) is 9.69 Å². The molecule has 2 aliphatic rings. The molecule has 0 saturated carbocycles. The van der Waals surface area contributed by atoms with Gasteiger partial charge in [-0.2, -0.15) is 0 Å². The van der Waals surface area contributed by atoms with E-state index in [0.29, 0.717) is 12.1 Å². The van der Waals surface area contributed by atoms with Gasteiger partial charge in [0, 0.05) is 35.3 Å². The second-order valence-electron chi connectivity index (χ2n) is 7.99. The summed E-state index contributed by atoms with van der Waals surface area (Å²) in [7, 11) is 0. The number of fused-ring (bicyclic) bond motifs is 2. The largest absolute Gasteiger partial charge is 0.349 e. The molecule has 0 radical (unpaired) electrons. The summed E-state index contributed by atoms with van der Waals surface area (Å²) in [6.45, 7) is 2.98. The molecular formula is C23H27ClN2O. The number of piperidine rings is 2. The van der Waals surface area contributed by atoms with Gasteiger partial charge in [0.05, 0.1) is 0 Å². The first kappa shape index (κ1) is 18.5. The van der Waals surface area contributed by atoms with Crippen LogP contribution >= 0.6 is 11.6 Å². The van der Waals surface area contributed by atoms with Crippen molar-refractivity contribution >= 4 is 17.5 Å². The fourth-order valence-electron chi connectivity index (χ4n) is 4.75. The predicted octanol–water partition coefficient (Wildman–Crippen LogP) is 4.96. The molecule has 2 bridgehead atoms. The van der Waals surface area contributed by atoms with Crippen molar-refractivity contribution in [1.82, 2.24) is 10.2 Å². The number of carbonyl (C=O) groups is 1. The van der Waals surface area contributed by atoms with Gasteiger partial charge >= 0.3 is 0 Å². The highest BCUT2D eigenvalue weighted by atomic mass is 35.5. The summed E-state index contributed by atoms with van der Waals surface area (Å²) in [5, 5.41) is 4.10. The summed E-state index contributed by atoms with van der Waals surface area (Å²) >= 11 is 6.03. The molecule has 2 saturated heterocycles. The predicted molar refractivity (Wildman–Crippen MR) is 110 cm³/mol. The van der Waals surface area contributed by atoms with E-state index in [4.69, 9.17) is 11.6 Å². The maximum Gasteiger partial charge on any atom is 0.251 e. The average molecular weight is 383 g/mol. The van der Waals surface area contributed by atoms with Crippen molar-refractivity contribution in [3.05, 3.63) is 70.2 Å². The van der Waals surface area contributed by atoms with Crippen LogP contribution in [0.15, 0.2) is 48.5 Å². The van der Waals surface area contributed by atoms with Crippen molar-refractivity contribution < 1.29 is 4.79 Å². The normalized spacial score (nSPS) is 25.2. The van der Waals surface area contributed by atoms with E-state index in [9.17, 15) is 4.79 Å². The number of nitrogens with zero attached hydrogens (tertiary/aromatic N) is 1. The Kier molecular flexibility index (Phi) is 5.51. The lowest BCUT2D eigenvalue weighted by molar-refractivity contribution is 0.0177. The van der Waals surface area contributed by atoms with Crippen LogP contribution in [0.1, 0.15) is 53.6 Å². The van der Waals surface area contributed by atoms with Crippen LogP contribution in [0.5, 0.6) is 0 Å². The number of amides is 1. The second-order valence-corrected chi connectivity index (χ2v) is 8.43. The summed E-state index contributed by atoms with van der Waals surface area (Å²) in [5.74, 6) is 0.0716. The first-order valence-corrected chi connectivity index (χ1v) is 10.3. The number of hydrogen-bond acceptors (Lipinski definition) is 2. The fourth-order valence-corrected chi connectivity index (χ4v) is 4.87. The van der Waals surface area contributed by atoms with Crippen LogP contribution in [-0.4, -0.2) is 28.9 Å². The van der Waals surface area contributed by atoms with Gasteiger partial charge in [-0.15, -0.1) is 0 Å². The molecule has 2 heterocycles. The maximum atomic E-state index is 12.7. The number of rotatable bonds is 4. The van der Waals surface area contributed by atoms with Crippen molar-refractivity contribution in [2.75, 3.05) is 0 Å². The quantitative estimate of drug-likeness (QED) is 0.810. The van der Waals surface area contributed by atoms with Gasteiger partial charge in [0.25, 0.3) is 5.91 Å². The highest BCUT2D eigenvalue weighted by Crippen LogP contribution is 2.35. The van der Waals surface area contributed by atoms with Gasteiger partial charge in [0.1, 0.15) is 0 Å². The third kappa shape index (κ3) is 4.20. The molecule has 1 amide bonds. The Morgan fingerprint density at radius 2 is 1.74 bits per heavy atom. The lowest BCUT2D eigenvalue weighted by Crippen LogP contribution is -2.56. The zero-order valence-electron chi connectivity index (χ0n) is 15.8. The number of aryl methyl sites for hydroxylation is 1. The number of benzene rings is 2. The minimum atomic E-state index is 0.0716. The minimum Gasteiger partial charge on any atom is -0.349 e.